The third-order valence-electron chi connectivity index (χ3n) is 7.24. The minimum absolute atomic E-state index is 0.00934. The molecule has 1 aliphatic heterocycles. The molecule has 0 radical (unpaired) electrons. The fourth-order valence-corrected chi connectivity index (χ4v) is 6.76. The minimum Gasteiger partial charge on any atom is -0.503 e. The molecule has 0 bridgehead atoms. The highest BCUT2D eigenvalue weighted by molar-refractivity contribution is 8.00. The van der Waals surface area contributed by atoms with Gasteiger partial charge >= 0.3 is 0 Å². The Hall–Kier alpha value is -4.87. The number of nitrogens with zero attached hydrogens (tertiary/aromatic N) is 3. The number of ketones is 1. The largest absolute Gasteiger partial charge is 0.503 e. The Morgan fingerprint density at radius 3 is 2.47 bits per heavy atom. The van der Waals surface area contributed by atoms with Gasteiger partial charge in [-0.25, -0.2) is 0 Å². The number of benzene rings is 3. The zero-order valence-corrected chi connectivity index (χ0v) is 26.4. The Bertz CT molecular complexity index is 1880. The Labute approximate surface area is 268 Å². The van der Waals surface area contributed by atoms with Crippen LogP contribution in [0.5, 0.6) is 11.5 Å². The highest BCUT2D eigenvalue weighted by atomic mass is 32.2. The maximum atomic E-state index is 13.8. The number of aliphatic hydroxyl groups is 1. The molecule has 1 N–H and O–H groups in total. The van der Waals surface area contributed by atoms with Gasteiger partial charge in [-0.1, -0.05) is 89.3 Å². The SMILES string of the molecule is COc1cc(C2C(C(=O)c3ccc(C)o3)=C(O)C(=O)N2c2nnc(SCc3ccc(C)cc3)s2)ccc1OCc1ccccc1. The van der Waals surface area contributed by atoms with Gasteiger partial charge in [0.2, 0.25) is 10.9 Å². The number of Topliss-reactive ketones (excluding diaryl/α,β-unsaturated/α-hetero) is 1. The predicted molar refractivity (Wildman–Crippen MR) is 172 cm³/mol. The first-order chi connectivity index (χ1) is 21.8. The van der Waals surface area contributed by atoms with Gasteiger partial charge in [-0.05, 0) is 54.8 Å². The van der Waals surface area contributed by atoms with Crippen molar-refractivity contribution in [2.24, 2.45) is 0 Å². The number of methoxy groups -OCH3 is 1. The number of anilines is 1. The van der Waals surface area contributed by atoms with Crippen LogP contribution in [-0.2, 0) is 17.2 Å². The number of aromatic nitrogens is 2. The lowest BCUT2D eigenvalue weighted by molar-refractivity contribution is -0.117. The number of ether oxygens (including phenoxy) is 2. The predicted octanol–water partition coefficient (Wildman–Crippen LogP) is 7.41. The van der Waals surface area contributed by atoms with Crippen molar-refractivity contribution >= 4 is 39.9 Å². The second-order valence-corrected chi connectivity index (χ2v) is 12.6. The van der Waals surface area contributed by atoms with Gasteiger partial charge in [-0.15, -0.1) is 10.2 Å². The summed E-state index contributed by atoms with van der Waals surface area (Å²) >= 11 is 2.70. The fraction of sp³-hybridized carbons (Fsp3) is 0.176. The highest BCUT2D eigenvalue weighted by Gasteiger charge is 2.47. The maximum absolute atomic E-state index is 13.8. The van der Waals surface area contributed by atoms with Crippen LogP contribution < -0.4 is 14.4 Å². The van der Waals surface area contributed by atoms with Gasteiger partial charge in [0.25, 0.3) is 5.91 Å². The number of hydrogen-bond acceptors (Lipinski definition) is 10. The van der Waals surface area contributed by atoms with Crippen LogP contribution in [0.25, 0.3) is 0 Å². The summed E-state index contributed by atoms with van der Waals surface area (Å²) in [6.07, 6.45) is 0. The molecular weight excluding hydrogens is 611 g/mol. The molecular formula is C34H29N3O6S2. The number of hydrogen-bond donors (Lipinski definition) is 1. The average molecular weight is 640 g/mol. The van der Waals surface area contributed by atoms with Crippen molar-refractivity contribution in [2.75, 3.05) is 12.0 Å². The first kappa shape index (κ1) is 30.2. The number of amides is 1. The Morgan fingerprint density at radius 1 is 0.978 bits per heavy atom. The lowest BCUT2D eigenvalue weighted by atomic mass is 9.95. The van der Waals surface area contributed by atoms with E-state index in [0.29, 0.717) is 39.5 Å². The molecule has 3 aromatic carbocycles. The van der Waals surface area contributed by atoms with Crippen LogP contribution in [0.4, 0.5) is 5.13 Å². The second kappa shape index (κ2) is 13.0. The zero-order valence-electron chi connectivity index (χ0n) is 24.7. The molecule has 1 atom stereocenters. The second-order valence-electron chi connectivity index (χ2n) is 10.4. The molecule has 11 heteroatoms. The van der Waals surface area contributed by atoms with Crippen molar-refractivity contribution < 1.29 is 28.6 Å². The molecule has 5 aromatic rings. The van der Waals surface area contributed by atoms with E-state index in [1.165, 1.54) is 46.7 Å². The molecule has 9 nitrogen and oxygen atoms in total. The first-order valence-corrected chi connectivity index (χ1v) is 15.9. The molecule has 0 saturated carbocycles. The molecule has 1 unspecified atom stereocenters. The van der Waals surface area contributed by atoms with Crippen molar-refractivity contribution in [3.63, 3.8) is 0 Å². The summed E-state index contributed by atoms with van der Waals surface area (Å²) in [5, 5.41) is 20.0. The van der Waals surface area contributed by atoms with Crippen molar-refractivity contribution in [3.05, 3.63) is 130 Å². The molecule has 6 rings (SSSR count). The normalized spacial score (nSPS) is 14.7. The van der Waals surface area contributed by atoms with Crippen LogP contribution in [0.2, 0.25) is 0 Å². The quantitative estimate of drug-likeness (QED) is 0.0896. The number of carbonyl (C=O) groups excluding carboxylic acids is 2. The van der Waals surface area contributed by atoms with Gasteiger partial charge in [0, 0.05) is 5.75 Å². The topological polar surface area (TPSA) is 115 Å². The lowest BCUT2D eigenvalue weighted by Crippen LogP contribution is -2.31. The van der Waals surface area contributed by atoms with E-state index >= 15 is 0 Å². The molecule has 0 spiro atoms. The number of aryl methyl sites for hydroxylation is 2. The van der Waals surface area contributed by atoms with Crippen LogP contribution in [0.15, 0.2) is 105 Å². The van der Waals surface area contributed by atoms with E-state index in [1.54, 1.807) is 31.2 Å². The van der Waals surface area contributed by atoms with E-state index in [-0.39, 0.29) is 16.5 Å². The third-order valence-corrected chi connectivity index (χ3v) is 9.37. The first-order valence-electron chi connectivity index (χ1n) is 14.1. The summed E-state index contributed by atoms with van der Waals surface area (Å²) in [5.41, 5.74) is 3.67. The van der Waals surface area contributed by atoms with Gasteiger partial charge < -0.3 is 19.0 Å². The molecule has 1 amide bonds. The standard InChI is InChI=1S/C34H29N3O6S2/c1-20-9-12-23(13-10-20)19-44-34-36-35-33(45-34)37-29(28(31(39)32(37)40)30(38)26-15-11-21(2)43-26)24-14-16-25(27(17-24)41-3)42-18-22-7-5-4-6-8-22/h4-17,29,39H,18-19H2,1-3H3. The number of aliphatic hydroxyl groups excluding tert-OH is 1. The van der Waals surface area contributed by atoms with E-state index in [0.717, 1.165) is 11.1 Å². The van der Waals surface area contributed by atoms with Crippen LogP contribution >= 0.6 is 23.1 Å². The van der Waals surface area contributed by atoms with Gasteiger partial charge in [0.05, 0.1) is 18.7 Å². The number of carbonyl (C=O) groups is 2. The highest BCUT2D eigenvalue weighted by Crippen LogP contribution is 2.45. The van der Waals surface area contributed by atoms with Crippen molar-refractivity contribution in [1.82, 2.24) is 10.2 Å². The summed E-state index contributed by atoms with van der Waals surface area (Å²) in [5.74, 6) is 0.0334. The van der Waals surface area contributed by atoms with E-state index in [2.05, 4.69) is 34.5 Å². The van der Waals surface area contributed by atoms with E-state index < -0.39 is 23.5 Å². The monoisotopic (exact) mass is 639 g/mol. The zero-order chi connectivity index (χ0) is 31.5. The van der Waals surface area contributed by atoms with Crippen LogP contribution in [0.3, 0.4) is 0 Å². The summed E-state index contributed by atoms with van der Waals surface area (Å²) < 4.78 is 17.9. The van der Waals surface area contributed by atoms with Crippen molar-refractivity contribution in [3.8, 4) is 11.5 Å². The average Bonchev–Trinajstić information content (AvgIpc) is 3.78. The van der Waals surface area contributed by atoms with Gasteiger partial charge in [0.15, 0.2) is 27.4 Å². The molecule has 0 fully saturated rings. The molecule has 1 aliphatic rings. The van der Waals surface area contributed by atoms with Crippen molar-refractivity contribution in [2.45, 2.75) is 36.6 Å². The van der Waals surface area contributed by atoms with Crippen molar-refractivity contribution in [1.29, 1.82) is 0 Å². The fourth-order valence-electron chi connectivity index (χ4n) is 4.94. The van der Waals surface area contributed by atoms with Crippen LogP contribution in [0, 0.1) is 13.8 Å². The molecule has 45 heavy (non-hydrogen) atoms. The minimum atomic E-state index is -1.03. The van der Waals surface area contributed by atoms with Gasteiger partial charge in [-0.2, -0.15) is 0 Å². The smallest absolute Gasteiger partial charge is 0.296 e. The van der Waals surface area contributed by atoms with Crippen LogP contribution in [-0.4, -0.2) is 34.1 Å². The summed E-state index contributed by atoms with van der Waals surface area (Å²) in [4.78, 5) is 28.7. The summed E-state index contributed by atoms with van der Waals surface area (Å²) in [7, 11) is 1.51. The van der Waals surface area contributed by atoms with Gasteiger partial charge in [0.1, 0.15) is 12.4 Å². The molecule has 0 saturated heterocycles. The lowest BCUT2D eigenvalue weighted by Gasteiger charge is -2.24. The van der Waals surface area contributed by atoms with Gasteiger partial charge in [-0.3, -0.25) is 14.5 Å². The Balaban J connectivity index is 1.34. The third kappa shape index (κ3) is 6.36. The maximum Gasteiger partial charge on any atom is 0.296 e. The molecule has 2 aromatic heterocycles. The van der Waals surface area contributed by atoms with E-state index in [1.807, 2.05) is 37.3 Å². The summed E-state index contributed by atoms with van der Waals surface area (Å²) in [6, 6.07) is 25.2. The molecule has 3 heterocycles. The number of thioether (sulfide) groups is 1. The molecule has 0 aliphatic carbocycles. The molecule has 228 valence electrons. The van der Waals surface area contributed by atoms with E-state index in [9.17, 15) is 14.7 Å². The Morgan fingerprint density at radius 2 is 1.76 bits per heavy atom. The van der Waals surface area contributed by atoms with E-state index in [4.69, 9.17) is 13.9 Å². The number of furan rings is 1. The summed E-state index contributed by atoms with van der Waals surface area (Å²) in [6.45, 7) is 4.07. The van der Waals surface area contributed by atoms with Crippen LogP contribution in [0.1, 0.15) is 44.6 Å². The Kier molecular flexibility index (Phi) is 8.72. The number of rotatable bonds is 11.